The van der Waals surface area contributed by atoms with E-state index in [2.05, 4.69) is 15.9 Å². The van der Waals surface area contributed by atoms with Gasteiger partial charge in [0, 0.05) is 17.2 Å². The zero-order chi connectivity index (χ0) is 19.0. The fourth-order valence-electron chi connectivity index (χ4n) is 3.27. The van der Waals surface area contributed by atoms with Gasteiger partial charge in [0.15, 0.2) is 23.0 Å². The molecule has 1 amide bonds. The fourth-order valence-corrected chi connectivity index (χ4v) is 3.75. The zero-order valence-electron chi connectivity index (χ0n) is 15.0. The lowest BCUT2D eigenvalue weighted by atomic mass is 10.0. The normalized spacial score (nSPS) is 14.6. The van der Waals surface area contributed by atoms with Crippen molar-refractivity contribution in [3.63, 3.8) is 0 Å². The summed E-state index contributed by atoms with van der Waals surface area (Å²) in [5.74, 6) is 2.24. The first-order valence-corrected chi connectivity index (χ1v) is 9.24. The van der Waals surface area contributed by atoms with Crippen LogP contribution in [0.4, 0.5) is 0 Å². The molecule has 0 unspecified atom stereocenters. The number of benzene rings is 2. The van der Waals surface area contributed by atoms with Crippen molar-refractivity contribution in [2.24, 2.45) is 0 Å². The van der Waals surface area contributed by atoms with Gasteiger partial charge in [-0.25, -0.2) is 0 Å². The predicted octanol–water partition coefficient (Wildman–Crippen LogP) is 3.86. The van der Waals surface area contributed by atoms with Crippen molar-refractivity contribution in [1.29, 1.82) is 0 Å². The van der Waals surface area contributed by atoms with Crippen molar-refractivity contribution in [2.75, 3.05) is 27.6 Å². The lowest BCUT2D eigenvalue weighted by Crippen LogP contribution is -2.28. The molecule has 27 heavy (non-hydrogen) atoms. The molecule has 4 rings (SSSR count). The highest BCUT2D eigenvalue weighted by Gasteiger charge is 2.26. The molecule has 0 bridgehead atoms. The number of carbonyl (C=O) groups is 1. The Labute approximate surface area is 165 Å². The number of hydrogen-bond acceptors (Lipinski definition) is 5. The van der Waals surface area contributed by atoms with Crippen LogP contribution in [0.1, 0.15) is 21.5 Å². The topological polar surface area (TPSA) is 57.2 Å². The molecule has 0 aliphatic carbocycles. The van der Waals surface area contributed by atoms with Gasteiger partial charge in [0.2, 0.25) is 6.79 Å². The molecule has 2 heterocycles. The number of methoxy groups -OCH3 is 2. The largest absolute Gasteiger partial charge is 0.493 e. The highest BCUT2D eigenvalue weighted by molar-refractivity contribution is 9.10. The first-order chi connectivity index (χ1) is 13.1. The molecule has 2 aliphatic rings. The second-order valence-electron chi connectivity index (χ2n) is 6.13. The Bertz CT molecular complexity index is 940. The third kappa shape index (κ3) is 3.12. The van der Waals surface area contributed by atoms with Crippen LogP contribution in [0.15, 0.2) is 34.9 Å². The second kappa shape index (κ2) is 7.15. The number of ether oxygens (including phenoxy) is 4. The molecule has 0 aromatic heterocycles. The standard InChI is InChI=1S/C20H18BrNO5/c1-24-15-4-3-14(21)18(19(15)25-2)20(23)22-7-5-12-9-16-17(27-11-26-16)10-13(12)6-8-22/h3-5,7,9-10H,6,8,11H2,1-2H3. The van der Waals surface area contributed by atoms with Crippen LogP contribution in [0.25, 0.3) is 6.08 Å². The summed E-state index contributed by atoms with van der Waals surface area (Å²) in [6.07, 6.45) is 4.42. The maximum absolute atomic E-state index is 13.2. The Morgan fingerprint density at radius 3 is 2.67 bits per heavy atom. The molecule has 7 heteroatoms. The minimum absolute atomic E-state index is 0.165. The molecule has 0 N–H and O–H groups in total. The van der Waals surface area contributed by atoms with Gasteiger partial charge in [-0.15, -0.1) is 0 Å². The van der Waals surface area contributed by atoms with Gasteiger partial charge in [-0.1, -0.05) is 0 Å². The molecule has 0 saturated carbocycles. The summed E-state index contributed by atoms with van der Waals surface area (Å²) < 4.78 is 22.3. The maximum Gasteiger partial charge on any atom is 0.262 e. The third-order valence-electron chi connectivity index (χ3n) is 4.66. The highest BCUT2D eigenvalue weighted by atomic mass is 79.9. The van der Waals surface area contributed by atoms with Crippen LogP contribution in [0.5, 0.6) is 23.0 Å². The van der Waals surface area contributed by atoms with E-state index in [1.807, 2.05) is 18.2 Å². The van der Waals surface area contributed by atoms with E-state index in [-0.39, 0.29) is 12.7 Å². The van der Waals surface area contributed by atoms with Gasteiger partial charge >= 0.3 is 0 Å². The molecule has 6 nitrogen and oxygen atoms in total. The Morgan fingerprint density at radius 2 is 1.93 bits per heavy atom. The van der Waals surface area contributed by atoms with Gasteiger partial charge in [0.05, 0.1) is 19.8 Å². The van der Waals surface area contributed by atoms with Gasteiger partial charge in [-0.3, -0.25) is 4.79 Å². The SMILES string of the molecule is COc1ccc(Br)c(C(=O)N2C=Cc3cc4c(cc3CC2)OCO4)c1OC. The van der Waals surface area contributed by atoms with Gasteiger partial charge in [0.1, 0.15) is 0 Å². The van der Waals surface area contributed by atoms with E-state index in [0.717, 1.165) is 22.6 Å². The molecular formula is C20H18BrNO5. The van der Waals surface area contributed by atoms with Crippen LogP contribution in [-0.2, 0) is 6.42 Å². The van der Waals surface area contributed by atoms with E-state index in [9.17, 15) is 4.79 Å². The lowest BCUT2D eigenvalue weighted by Gasteiger charge is -2.20. The Balaban J connectivity index is 1.67. The van der Waals surface area contributed by atoms with E-state index in [0.29, 0.717) is 34.5 Å². The highest BCUT2D eigenvalue weighted by Crippen LogP contribution is 2.38. The number of hydrogen-bond donors (Lipinski definition) is 0. The van der Waals surface area contributed by atoms with Gasteiger partial charge in [-0.2, -0.15) is 0 Å². The molecule has 0 atom stereocenters. The summed E-state index contributed by atoms with van der Waals surface area (Å²) in [6, 6.07) is 7.47. The van der Waals surface area contributed by atoms with Crippen LogP contribution in [-0.4, -0.2) is 38.4 Å². The quantitative estimate of drug-likeness (QED) is 0.738. The number of amides is 1. The van der Waals surface area contributed by atoms with Gasteiger partial charge < -0.3 is 23.8 Å². The first-order valence-electron chi connectivity index (χ1n) is 8.44. The van der Waals surface area contributed by atoms with E-state index < -0.39 is 0 Å². The third-order valence-corrected chi connectivity index (χ3v) is 5.32. The van der Waals surface area contributed by atoms with E-state index in [4.69, 9.17) is 18.9 Å². The predicted molar refractivity (Wildman–Crippen MR) is 104 cm³/mol. The Kier molecular flexibility index (Phi) is 4.70. The van der Waals surface area contributed by atoms with Crippen molar-refractivity contribution >= 4 is 27.9 Å². The van der Waals surface area contributed by atoms with Crippen LogP contribution < -0.4 is 18.9 Å². The summed E-state index contributed by atoms with van der Waals surface area (Å²) in [7, 11) is 3.07. The molecule has 0 radical (unpaired) electrons. The van der Waals surface area contributed by atoms with Crippen LogP contribution >= 0.6 is 15.9 Å². The minimum atomic E-state index is -0.165. The number of carbonyl (C=O) groups excluding carboxylic acids is 1. The average Bonchev–Trinajstić information content (AvgIpc) is 3.03. The van der Waals surface area contributed by atoms with Gasteiger partial charge in [0.25, 0.3) is 5.91 Å². The molecule has 2 aromatic carbocycles. The van der Waals surface area contributed by atoms with Crippen molar-refractivity contribution in [1.82, 2.24) is 4.90 Å². The van der Waals surface area contributed by atoms with Crippen molar-refractivity contribution < 1.29 is 23.7 Å². The Morgan fingerprint density at radius 1 is 1.15 bits per heavy atom. The van der Waals surface area contributed by atoms with Crippen LogP contribution in [0.3, 0.4) is 0 Å². The minimum Gasteiger partial charge on any atom is -0.493 e. The van der Waals surface area contributed by atoms with Crippen LogP contribution in [0, 0.1) is 0 Å². The molecule has 2 aliphatic heterocycles. The summed E-state index contributed by atoms with van der Waals surface area (Å²) in [5, 5.41) is 0. The average molecular weight is 432 g/mol. The summed E-state index contributed by atoms with van der Waals surface area (Å²) in [5.41, 5.74) is 2.57. The number of rotatable bonds is 3. The Hall–Kier alpha value is -2.67. The summed E-state index contributed by atoms with van der Waals surface area (Å²) >= 11 is 3.46. The number of nitrogens with zero attached hydrogens (tertiary/aromatic N) is 1. The van der Waals surface area contributed by atoms with E-state index in [1.165, 1.54) is 7.11 Å². The van der Waals surface area contributed by atoms with Crippen molar-refractivity contribution in [3.05, 3.63) is 51.6 Å². The van der Waals surface area contributed by atoms with Crippen molar-refractivity contribution in [3.8, 4) is 23.0 Å². The first kappa shape index (κ1) is 17.7. The molecular weight excluding hydrogens is 414 g/mol. The molecule has 0 fully saturated rings. The zero-order valence-corrected chi connectivity index (χ0v) is 16.5. The summed E-state index contributed by atoms with van der Waals surface area (Å²) in [6.45, 7) is 0.783. The smallest absolute Gasteiger partial charge is 0.262 e. The van der Waals surface area contributed by atoms with Crippen molar-refractivity contribution in [2.45, 2.75) is 6.42 Å². The van der Waals surface area contributed by atoms with E-state index in [1.54, 1.807) is 30.3 Å². The van der Waals surface area contributed by atoms with E-state index >= 15 is 0 Å². The van der Waals surface area contributed by atoms with Gasteiger partial charge in [-0.05, 0) is 63.8 Å². The molecule has 0 spiro atoms. The number of halogens is 1. The molecule has 140 valence electrons. The fraction of sp³-hybridized carbons (Fsp3) is 0.250. The second-order valence-corrected chi connectivity index (χ2v) is 6.98. The summed E-state index contributed by atoms with van der Waals surface area (Å²) in [4.78, 5) is 14.9. The van der Waals surface area contributed by atoms with Crippen LogP contribution in [0.2, 0.25) is 0 Å². The number of fused-ring (bicyclic) bond motifs is 2. The lowest BCUT2D eigenvalue weighted by molar-refractivity contribution is 0.0820. The molecule has 0 saturated heterocycles. The maximum atomic E-state index is 13.2. The monoisotopic (exact) mass is 431 g/mol. The molecule has 2 aromatic rings.